The Balaban J connectivity index is 2.16. The molecule has 64 valence electrons. The van der Waals surface area contributed by atoms with E-state index in [0.29, 0.717) is 0 Å². The van der Waals surface area contributed by atoms with Crippen molar-refractivity contribution in [2.75, 3.05) is 6.61 Å². The van der Waals surface area contributed by atoms with Crippen molar-refractivity contribution in [1.82, 2.24) is 0 Å². The number of rotatable bonds is 0. The van der Waals surface area contributed by atoms with E-state index in [1.165, 1.54) is 0 Å². The molecule has 0 aromatic carbocycles. The highest BCUT2D eigenvalue weighted by Gasteiger charge is 2.48. The van der Waals surface area contributed by atoms with E-state index in [-0.39, 0.29) is 6.61 Å². The van der Waals surface area contributed by atoms with Gasteiger partial charge in [-0.25, -0.2) is 0 Å². The van der Waals surface area contributed by atoms with Crippen molar-refractivity contribution >= 4 is 0 Å². The first-order valence-electron chi connectivity index (χ1n) is 3.51. The van der Waals surface area contributed by atoms with Gasteiger partial charge in [0.15, 0.2) is 6.29 Å². The molecule has 5 atom stereocenters. The highest BCUT2D eigenvalue weighted by atomic mass is 16.9. The molecular weight excluding hydrogens is 158 g/mol. The molecular formula is C6H10O5. The van der Waals surface area contributed by atoms with Gasteiger partial charge in [-0.2, -0.15) is 0 Å². The lowest BCUT2D eigenvalue weighted by molar-refractivity contribution is -0.228. The van der Waals surface area contributed by atoms with E-state index in [1.54, 1.807) is 0 Å². The van der Waals surface area contributed by atoms with Gasteiger partial charge >= 0.3 is 0 Å². The third kappa shape index (κ3) is 0.969. The van der Waals surface area contributed by atoms with Gasteiger partial charge in [-0.3, -0.25) is 0 Å². The Morgan fingerprint density at radius 1 is 1.00 bits per heavy atom. The third-order valence-electron chi connectivity index (χ3n) is 2.09. The van der Waals surface area contributed by atoms with E-state index in [0.717, 1.165) is 0 Å². The Kier molecular flexibility index (Phi) is 1.62. The quantitative estimate of drug-likeness (QED) is 0.358. The van der Waals surface area contributed by atoms with Crippen molar-refractivity contribution in [2.45, 2.75) is 30.7 Å². The molecule has 0 aliphatic carbocycles. The summed E-state index contributed by atoms with van der Waals surface area (Å²) >= 11 is 0. The monoisotopic (exact) mass is 168 g/mol. The van der Waals surface area contributed by atoms with E-state index in [9.17, 15) is 10.2 Å². The van der Waals surface area contributed by atoms with Gasteiger partial charge in [-0.05, 0) is 0 Å². The number of aliphatic hydroxyl groups excluding tert-OH is 3. The minimum atomic E-state index is -1.15. The van der Waals surface area contributed by atoms with Crippen molar-refractivity contribution in [3.63, 3.8) is 0 Å². The van der Waals surface area contributed by atoms with Gasteiger partial charge in [0.2, 0.25) is 0 Å². The molecule has 2 fully saturated rings. The maximum atomic E-state index is 9.22. The highest BCUT2D eigenvalue weighted by Crippen LogP contribution is 2.27. The minimum absolute atomic E-state index is 0.236. The van der Waals surface area contributed by atoms with Crippen LogP contribution in [0.5, 0.6) is 0 Å². The molecule has 0 spiro atoms. The Morgan fingerprint density at radius 2 is 1.73 bits per heavy atom. The number of ether oxygens (including phenoxy) is 2. The molecule has 2 bridgehead atoms. The van der Waals surface area contributed by atoms with Crippen LogP contribution in [0.2, 0.25) is 0 Å². The van der Waals surface area contributed by atoms with Crippen LogP contribution in [0.3, 0.4) is 0 Å². The fourth-order valence-corrected chi connectivity index (χ4v) is 1.38. The minimum Gasteiger partial charge on any atom is -0.387 e. The summed E-state index contributed by atoms with van der Waals surface area (Å²) in [5.41, 5.74) is 0. The molecule has 0 amide bonds. The van der Waals surface area contributed by atoms with Gasteiger partial charge in [0.25, 0.3) is 0 Å². The largest absolute Gasteiger partial charge is 0.387 e. The first-order valence-corrected chi connectivity index (χ1v) is 3.51. The van der Waals surface area contributed by atoms with E-state index in [4.69, 9.17) is 14.6 Å². The maximum Gasteiger partial charge on any atom is 0.186 e. The van der Waals surface area contributed by atoms with Crippen LogP contribution < -0.4 is 0 Å². The highest BCUT2D eigenvalue weighted by molar-refractivity contribution is 4.92. The summed E-state index contributed by atoms with van der Waals surface area (Å²) in [5.74, 6) is 0. The van der Waals surface area contributed by atoms with Crippen LogP contribution in [0.25, 0.3) is 0 Å². The number of hydrogen-bond donors (Lipinski definition) is 3. The molecule has 2 rings (SSSR count). The second-order valence-corrected chi connectivity index (χ2v) is 2.85. The molecule has 2 saturated heterocycles. The zero-order chi connectivity index (χ0) is 8.01. The lowest BCUT2D eigenvalue weighted by Gasteiger charge is -2.32. The zero-order valence-corrected chi connectivity index (χ0v) is 5.75. The molecule has 0 saturated carbocycles. The maximum absolute atomic E-state index is 9.22. The Bertz CT molecular complexity index is 141. The predicted octanol–water partition coefficient (Wildman–Crippen LogP) is -2.18. The van der Waals surface area contributed by atoms with Crippen LogP contribution in [-0.4, -0.2) is 52.6 Å². The van der Waals surface area contributed by atoms with E-state index < -0.39 is 30.7 Å². The Hall–Kier alpha value is -0.200. The molecule has 0 unspecified atom stereocenters. The lowest BCUT2D eigenvalue weighted by Crippen LogP contribution is -2.53. The Morgan fingerprint density at radius 3 is 2.45 bits per heavy atom. The number of hydrogen-bond acceptors (Lipinski definition) is 5. The first kappa shape index (κ1) is 7.45. The average molecular weight is 168 g/mol. The molecule has 5 heteroatoms. The van der Waals surface area contributed by atoms with Crippen LogP contribution in [-0.2, 0) is 9.47 Å². The van der Waals surface area contributed by atoms with Crippen molar-refractivity contribution in [1.29, 1.82) is 0 Å². The average Bonchev–Trinajstić information content (AvgIpc) is 2.44. The molecule has 2 heterocycles. The van der Waals surface area contributed by atoms with Crippen LogP contribution in [0.4, 0.5) is 0 Å². The molecule has 0 radical (unpaired) electrons. The summed E-state index contributed by atoms with van der Waals surface area (Å²) < 4.78 is 9.95. The number of fused-ring (bicyclic) bond motifs is 2. The van der Waals surface area contributed by atoms with Crippen molar-refractivity contribution < 1.29 is 24.8 Å². The van der Waals surface area contributed by atoms with Crippen molar-refractivity contribution in [3.8, 4) is 0 Å². The summed E-state index contributed by atoms with van der Waals surface area (Å²) in [6, 6.07) is 0. The van der Waals surface area contributed by atoms with Gasteiger partial charge in [-0.1, -0.05) is 0 Å². The molecule has 0 aromatic heterocycles. The predicted molar refractivity (Wildman–Crippen MR) is 32.6 cm³/mol. The van der Waals surface area contributed by atoms with E-state index in [2.05, 4.69) is 0 Å². The van der Waals surface area contributed by atoms with E-state index >= 15 is 0 Å². The van der Waals surface area contributed by atoms with Gasteiger partial charge in [0.05, 0.1) is 6.61 Å². The first-order chi connectivity index (χ1) is 5.20. The van der Waals surface area contributed by atoms with Gasteiger partial charge in [-0.15, -0.1) is 0 Å². The zero-order valence-electron chi connectivity index (χ0n) is 5.75. The summed E-state index contributed by atoms with van der Waals surface area (Å²) in [4.78, 5) is 0. The standard InChI is InChI=1S/C6H10O5/c7-3-2-1-10-6(11-2)5(9)4(3)8/h2-9H,1H2/t2-,3-,4+,5+,6-/m1/s1/i1+1,2+1,3+1,4+1,5+1,6+1. The summed E-state index contributed by atoms with van der Waals surface area (Å²) in [7, 11) is 0. The molecule has 0 aromatic rings. The summed E-state index contributed by atoms with van der Waals surface area (Å²) in [6.45, 7) is 0.236. The topological polar surface area (TPSA) is 79.2 Å². The van der Waals surface area contributed by atoms with E-state index in [1.807, 2.05) is 0 Å². The summed E-state index contributed by atoms with van der Waals surface area (Å²) in [6.07, 6.45) is -4.58. The second-order valence-electron chi connectivity index (χ2n) is 2.85. The molecule has 2 aliphatic rings. The van der Waals surface area contributed by atoms with Crippen molar-refractivity contribution in [3.05, 3.63) is 0 Å². The molecule has 2 aliphatic heterocycles. The smallest absolute Gasteiger partial charge is 0.186 e. The molecule has 3 N–H and O–H groups in total. The van der Waals surface area contributed by atoms with Crippen LogP contribution in [0.1, 0.15) is 0 Å². The second kappa shape index (κ2) is 2.40. The number of aliphatic hydroxyl groups is 3. The fourth-order valence-electron chi connectivity index (χ4n) is 1.38. The lowest BCUT2D eigenvalue weighted by atomic mass is 11.0. The van der Waals surface area contributed by atoms with Gasteiger partial charge < -0.3 is 24.8 Å². The normalized spacial score (nSPS) is 56.5. The Labute approximate surface area is 63.2 Å². The van der Waals surface area contributed by atoms with Gasteiger partial charge in [0, 0.05) is 0 Å². The van der Waals surface area contributed by atoms with Crippen molar-refractivity contribution in [2.24, 2.45) is 0 Å². The SMILES string of the molecule is O[13C@@H]1[13C@H](O)[13C@@H]2O[13CH2][13C@@H](O2)[13C@H]1O. The van der Waals surface area contributed by atoms with Gasteiger partial charge in [0.1, 0.15) is 24.4 Å². The van der Waals surface area contributed by atoms with Crippen LogP contribution in [0, 0.1) is 0 Å². The van der Waals surface area contributed by atoms with Crippen LogP contribution in [0.15, 0.2) is 0 Å². The molecule has 5 nitrogen and oxygen atoms in total. The third-order valence-corrected chi connectivity index (χ3v) is 2.09. The fraction of sp³-hybridized carbons (Fsp3) is 1.00. The molecule has 11 heavy (non-hydrogen) atoms. The van der Waals surface area contributed by atoms with Crippen LogP contribution >= 0.6 is 0 Å². The summed E-state index contributed by atoms with van der Waals surface area (Å²) in [5, 5.41) is 27.6.